The molecule has 0 unspecified atom stereocenters. The molecule has 9 heteroatoms. The summed E-state index contributed by atoms with van der Waals surface area (Å²) in [6, 6.07) is 5.97. The lowest BCUT2D eigenvalue weighted by atomic mass is 9.83. The van der Waals surface area contributed by atoms with Crippen LogP contribution in [-0.2, 0) is 9.53 Å². The third-order valence-corrected chi connectivity index (χ3v) is 7.44. The SMILES string of the molecule is COc1ccc(C2=C3CC=CC[C@H]3C(=O)N(C3CCN(C(=O)N4CCOCC4)CC3)N2)cc1OC. The predicted molar refractivity (Wildman–Crippen MR) is 131 cm³/mol. The zero-order valence-electron chi connectivity index (χ0n) is 20.5. The van der Waals surface area contributed by atoms with Gasteiger partial charge in [-0.3, -0.25) is 15.2 Å². The molecule has 35 heavy (non-hydrogen) atoms. The van der Waals surface area contributed by atoms with Gasteiger partial charge in [-0.05, 0) is 49.5 Å². The molecule has 0 aromatic heterocycles. The Labute approximate surface area is 206 Å². The van der Waals surface area contributed by atoms with Gasteiger partial charge in [-0.1, -0.05) is 12.2 Å². The number of amides is 3. The van der Waals surface area contributed by atoms with Crippen molar-refractivity contribution < 1.29 is 23.8 Å². The fraction of sp³-hybridized carbons (Fsp3) is 0.538. The normalized spacial score (nSPS) is 23.2. The van der Waals surface area contributed by atoms with Gasteiger partial charge in [0.15, 0.2) is 11.5 Å². The average molecular weight is 483 g/mol. The van der Waals surface area contributed by atoms with Crippen LogP contribution in [0.2, 0.25) is 0 Å². The van der Waals surface area contributed by atoms with Gasteiger partial charge in [0.25, 0.3) is 0 Å². The Balaban J connectivity index is 1.34. The van der Waals surface area contributed by atoms with E-state index in [0.717, 1.165) is 36.1 Å². The highest BCUT2D eigenvalue weighted by atomic mass is 16.5. The van der Waals surface area contributed by atoms with Crippen LogP contribution in [0.4, 0.5) is 4.79 Å². The van der Waals surface area contributed by atoms with Crippen LogP contribution in [0, 0.1) is 5.92 Å². The van der Waals surface area contributed by atoms with Crippen LogP contribution in [0.5, 0.6) is 11.5 Å². The van der Waals surface area contributed by atoms with Crippen molar-refractivity contribution in [3.05, 3.63) is 41.5 Å². The fourth-order valence-corrected chi connectivity index (χ4v) is 5.45. The maximum atomic E-state index is 13.6. The highest BCUT2D eigenvalue weighted by Crippen LogP contribution is 2.39. The van der Waals surface area contributed by atoms with E-state index in [1.54, 1.807) is 14.2 Å². The van der Waals surface area contributed by atoms with E-state index in [4.69, 9.17) is 14.2 Å². The number of allylic oxidation sites excluding steroid dienone is 2. The number of hydrogen-bond donors (Lipinski definition) is 1. The summed E-state index contributed by atoms with van der Waals surface area (Å²) in [7, 11) is 3.25. The summed E-state index contributed by atoms with van der Waals surface area (Å²) in [6.07, 6.45) is 7.17. The van der Waals surface area contributed by atoms with Gasteiger partial charge in [-0.2, -0.15) is 0 Å². The summed E-state index contributed by atoms with van der Waals surface area (Å²) in [6.45, 7) is 3.75. The molecule has 2 fully saturated rings. The molecule has 1 aromatic rings. The van der Waals surface area contributed by atoms with Gasteiger partial charge in [0.05, 0.1) is 45.1 Å². The molecule has 2 saturated heterocycles. The minimum Gasteiger partial charge on any atom is -0.493 e. The molecule has 3 heterocycles. The van der Waals surface area contributed by atoms with Crippen LogP contribution in [-0.4, -0.2) is 86.4 Å². The van der Waals surface area contributed by atoms with Crippen molar-refractivity contribution in [1.29, 1.82) is 0 Å². The number of piperidine rings is 1. The second kappa shape index (κ2) is 10.2. The number of benzene rings is 1. The van der Waals surface area contributed by atoms with Crippen molar-refractivity contribution in [2.24, 2.45) is 5.92 Å². The number of urea groups is 1. The number of hydrogen-bond acceptors (Lipinski definition) is 6. The molecule has 3 aliphatic heterocycles. The smallest absolute Gasteiger partial charge is 0.320 e. The number of ether oxygens (including phenoxy) is 3. The first-order chi connectivity index (χ1) is 17.1. The zero-order valence-corrected chi connectivity index (χ0v) is 20.5. The van der Waals surface area contributed by atoms with Gasteiger partial charge >= 0.3 is 6.03 Å². The molecule has 1 atom stereocenters. The van der Waals surface area contributed by atoms with Crippen molar-refractivity contribution in [1.82, 2.24) is 20.2 Å². The van der Waals surface area contributed by atoms with Gasteiger partial charge in [-0.15, -0.1) is 0 Å². The zero-order chi connectivity index (χ0) is 24.4. The molecule has 188 valence electrons. The molecule has 1 N–H and O–H groups in total. The second-order valence-electron chi connectivity index (χ2n) is 9.35. The minimum absolute atomic E-state index is 0.0267. The number of rotatable bonds is 4. The molecule has 0 bridgehead atoms. The van der Waals surface area contributed by atoms with Crippen LogP contribution >= 0.6 is 0 Å². The molecule has 5 rings (SSSR count). The van der Waals surface area contributed by atoms with E-state index >= 15 is 0 Å². The van der Waals surface area contributed by atoms with Crippen LogP contribution in [0.15, 0.2) is 35.9 Å². The lowest BCUT2D eigenvalue weighted by Crippen LogP contribution is -2.59. The molecule has 4 aliphatic rings. The highest BCUT2D eigenvalue weighted by Gasteiger charge is 2.40. The number of nitrogens with one attached hydrogen (secondary N) is 1. The van der Waals surface area contributed by atoms with Crippen molar-refractivity contribution in [3.63, 3.8) is 0 Å². The van der Waals surface area contributed by atoms with E-state index in [0.29, 0.717) is 57.3 Å². The van der Waals surface area contributed by atoms with E-state index in [1.165, 1.54) is 0 Å². The molecule has 1 aromatic carbocycles. The number of methoxy groups -OCH3 is 2. The van der Waals surface area contributed by atoms with Crippen molar-refractivity contribution in [2.75, 3.05) is 53.6 Å². The first-order valence-corrected chi connectivity index (χ1v) is 12.4. The van der Waals surface area contributed by atoms with Crippen LogP contribution in [0.1, 0.15) is 31.2 Å². The summed E-state index contributed by atoms with van der Waals surface area (Å²) >= 11 is 0. The second-order valence-corrected chi connectivity index (χ2v) is 9.35. The Kier molecular flexibility index (Phi) is 6.86. The monoisotopic (exact) mass is 482 g/mol. The third kappa shape index (κ3) is 4.57. The maximum Gasteiger partial charge on any atom is 0.320 e. The number of carbonyl (C=O) groups excluding carboxylic acids is 2. The van der Waals surface area contributed by atoms with Crippen molar-refractivity contribution in [2.45, 2.75) is 31.7 Å². The molecule has 0 radical (unpaired) electrons. The van der Waals surface area contributed by atoms with Crippen LogP contribution in [0.3, 0.4) is 0 Å². The summed E-state index contributed by atoms with van der Waals surface area (Å²) in [5, 5.41) is 1.83. The Morgan fingerprint density at radius 3 is 2.43 bits per heavy atom. The molecule has 9 nitrogen and oxygen atoms in total. The van der Waals surface area contributed by atoms with E-state index in [-0.39, 0.29) is 23.9 Å². The number of nitrogens with zero attached hydrogens (tertiary/aromatic N) is 3. The molecule has 0 spiro atoms. The van der Waals surface area contributed by atoms with Crippen LogP contribution in [0.25, 0.3) is 5.70 Å². The van der Waals surface area contributed by atoms with E-state index in [1.807, 2.05) is 33.0 Å². The highest BCUT2D eigenvalue weighted by molar-refractivity contribution is 5.89. The van der Waals surface area contributed by atoms with Crippen molar-refractivity contribution >= 4 is 17.6 Å². The van der Waals surface area contributed by atoms with Crippen LogP contribution < -0.4 is 14.9 Å². The Morgan fingerprint density at radius 1 is 1.00 bits per heavy atom. The third-order valence-electron chi connectivity index (χ3n) is 7.44. The predicted octanol–water partition coefficient (Wildman–Crippen LogP) is 2.64. The van der Waals surface area contributed by atoms with Gasteiger partial charge in [-0.25, -0.2) is 4.79 Å². The first kappa shape index (κ1) is 23.5. The lowest BCUT2D eigenvalue weighted by Gasteiger charge is -2.45. The Morgan fingerprint density at radius 2 is 1.71 bits per heavy atom. The maximum absolute atomic E-state index is 13.6. The fourth-order valence-electron chi connectivity index (χ4n) is 5.45. The van der Waals surface area contributed by atoms with E-state index < -0.39 is 0 Å². The molecule has 3 amide bonds. The largest absolute Gasteiger partial charge is 0.493 e. The topological polar surface area (TPSA) is 83.6 Å². The summed E-state index contributed by atoms with van der Waals surface area (Å²) in [5.41, 5.74) is 6.53. The number of likely N-dealkylation sites (tertiary alicyclic amines) is 1. The van der Waals surface area contributed by atoms with Gasteiger partial charge in [0.1, 0.15) is 0 Å². The molecule has 0 saturated carbocycles. The summed E-state index contributed by atoms with van der Waals surface area (Å²) in [5.74, 6) is 1.27. The minimum atomic E-state index is -0.169. The molecule has 1 aliphatic carbocycles. The van der Waals surface area contributed by atoms with Gasteiger partial charge in [0, 0.05) is 31.7 Å². The quantitative estimate of drug-likeness (QED) is 0.665. The molecular formula is C26H34N4O5. The lowest BCUT2D eigenvalue weighted by molar-refractivity contribution is -0.141. The first-order valence-electron chi connectivity index (χ1n) is 12.4. The standard InChI is InChI=1S/C26H34N4O5/c1-33-22-8-7-18(17-23(22)34-2)24-20-5-3-4-6-21(20)25(31)30(27-24)19-9-11-28(12-10-19)26(32)29-13-15-35-16-14-29/h3-4,7-8,17,19,21,27H,5-6,9-16H2,1-2H3/t21-/m1/s1. The summed E-state index contributed by atoms with van der Waals surface area (Å²) < 4.78 is 16.3. The van der Waals surface area contributed by atoms with Gasteiger partial charge < -0.3 is 24.0 Å². The average Bonchev–Trinajstić information content (AvgIpc) is 2.93. The summed E-state index contributed by atoms with van der Waals surface area (Å²) in [4.78, 5) is 30.3. The number of hydrazine groups is 1. The van der Waals surface area contributed by atoms with Crippen molar-refractivity contribution in [3.8, 4) is 11.5 Å². The van der Waals surface area contributed by atoms with E-state index in [9.17, 15) is 9.59 Å². The number of fused-ring (bicyclic) bond motifs is 1. The number of morpholine rings is 1. The Bertz CT molecular complexity index is 1020. The van der Waals surface area contributed by atoms with Gasteiger partial charge in [0.2, 0.25) is 5.91 Å². The Hall–Kier alpha value is -3.20. The number of carbonyl (C=O) groups is 2. The van der Waals surface area contributed by atoms with E-state index in [2.05, 4.69) is 17.6 Å². The molecular weight excluding hydrogens is 448 g/mol.